The van der Waals surface area contributed by atoms with E-state index in [0.29, 0.717) is 35.0 Å². The predicted octanol–water partition coefficient (Wildman–Crippen LogP) is 0.402. The minimum absolute atomic E-state index is 0.144. The van der Waals surface area contributed by atoms with E-state index in [4.69, 9.17) is 4.52 Å². The maximum absolute atomic E-state index is 12.0. The third kappa shape index (κ3) is 2.87. The molecule has 1 amide bonds. The molecule has 0 fully saturated rings. The quantitative estimate of drug-likeness (QED) is 0.701. The summed E-state index contributed by atoms with van der Waals surface area (Å²) in [6, 6.07) is 1.78. The second kappa shape index (κ2) is 5.80. The van der Waals surface area contributed by atoms with Gasteiger partial charge in [-0.1, -0.05) is 5.16 Å². The van der Waals surface area contributed by atoms with Gasteiger partial charge >= 0.3 is 0 Å². The number of carbonyl (C=O) groups is 1. The molecule has 0 radical (unpaired) electrons. The Morgan fingerprint density at radius 3 is 3.05 bits per heavy atom. The Labute approximate surface area is 125 Å². The Hall–Kier alpha value is -2.97. The summed E-state index contributed by atoms with van der Waals surface area (Å²) < 4.78 is 4.95. The van der Waals surface area contributed by atoms with Crippen molar-refractivity contribution in [1.82, 2.24) is 30.4 Å². The molecule has 0 aliphatic heterocycles. The van der Waals surface area contributed by atoms with E-state index in [2.05, 4.69) is 30.4 Å². The van der Waals surface area contributed by atoms with Crippen LogP contribution in [0, 0.1) is 6.92 Å². The lowest BCUT2D eigenvalue weighted by Gasteiger charge is -2.17. The van der Waals surface area contributed by atoms with E-state index in [-0.39, 0.29) is 12.5 Å². The van der Waals surface area contributed by atoms with Crippen molar-refractivity contribution in [2.75, 3.05) is 18.5 Å². The van der Waals surface area contributed by atoms with Gasteiger partial charge in [0.05, 0.1) is 19.4 Å². The van der Waals surface area contributed by atoms with Crippen LogP contribution in [0.3, 0.4) is 0 Å². The van der Waals surface area contributed by atoms with E-state index in [1.165, 1.54) is 6.33 Å². The summed E-state index contributed by atoms with van der Waals surface area (Å²) in [6.07, 6.45) is 2.97. The summed E-state index contributed by atoms with van der Waals surface area (Å²) in [7, 11) is 1.78. The van der Waals surface area contributed by atoms with E-state index in [0.717, 1.165) is 0 Å². The molecule has 3 heterocycles. The number of aromatic nitrogens is 5. The summed E-state index contributed by atoms with van der Waals surface area (Å²) in [5, 5.41) is 6.60. The lowest BCUT2D eigenvalue weighted by Crippen LogP contribution is -2.35. The highest BCUT2D eigenvalue weighted by molar-refractivity contribution is 5.86. The number of amides is 1. The first kappa shape index (κ1) is 14.0. The second-order valence-electron chi connectivity index (χ2n) is 4.86. The van der Waals surface area contributed by atoms with Crippen LogP contribution in [0.2, 0.25) is 0 Å². The van der Waals surface area contributed by atoms with E-state index in [1.807, 2.05) is 0 Å². The van der Waals surface area contributed by atoms with Crippen LogP contribution in [0.25, 0.3) is 11.2 Å². The van der Waals surface area contributed by atoms with Gasteiger partial charge < -0.3 is 19.7 Å². The Kier molecular flexibility index (Phi) is 3.69. The van der Waals surface area contributed by atoms with Gasteiger partial charge in [0.2, 0.25) is 5.91 Å². The van der Waals surface area contributed by atoms with Crippen molar-refractivity contribution in [2.45, 2.75) is 13.5 Å². The number of aromatic amines is 1. The first-order valence-electron chi connectivity index (χ1n) is 6.67. The number of nitrogens with one attached hydrogen (secondary N) is 2. The highest BCUT2D eigenvalue weighted by Gasteiger charge is 2.13. The van der Waals surface area contributed by atoms with Gasteiger partial charge in [0.1, 0.15) is 23.3 Å². The molecule has 3 rings (SSSR count). The topological polar surface area (TPSA) is 113 Å². The molecule has 22 heavy (non-hydrogen) atoms. The molecule has 0 saturated heterocycles. The molecule has 2 N–H and O–H groups in total. The number of hydrogen-bond acceptors (Lipinski definition) is 7. The third-order valence-electron chi connectivity index (χ3n) is 3.09. The van der Waals surface area contributed by atoms with Crippen molar-refractivity contribution in [3.63, 3.8) is 0 Å². The standard InChI is InChI=1S/C13H15N7O2/c1-8-3-9(19-22-8)4-14-10(21)5-20(2)13-11-12(16-6-15-11)17-7-18-13/h3,6-7H,4-5H2,1-2H3,(H,14,21)(H,15,16,17,18). The van der Waals surface area contributed by atoms with Gasteiger partial charge in [-0.15, -0.1) is 0 Å². The van der Waals surface area contributed by atoms with Crippen LogP contribution in [0.5, 0.6) is 0 Å². The lowest BCUT2D eigenvalue weighted by atomic mass is 10.3. The lowest BCUT2D eigenvalue weighted by molar-refractivity contribution is -0.119. The number of hydrogen-bond donors (Lipinski definition) is 2. The molecule has 0 bridgehead atoms. The van der Waals surface area contributed by atoms with E-state index < -0.39 is 0 Å². The SMILES string of the molecule is Cc1cc(CNC(=O)CN(C)c2ncnc3nc[nH]c23)no1. The zero-order valence-electron chi connectivity index (χ0n) is 12.2. The van der Waals surface area contributed by atoms with Crippen molar-refractivity contribution in [2.24, 2.45) is 0 Å². The van der Waals surface area contributed by atoms with E-state index in [9.17, 15) is 4.79 Å². The molecule has 0 spiro atoms. The van der Waals surface area contributed by atoms with Gasteiger partial charge in [-0.3, -0.25) is 4.79 Å². The first-order valence-corrected chi connectivity index (χ1v) is 6.67. The first-order chi connectivity index (χ1) is 10.6. The highest BCUT2D eigenvalue weighted by Crippen LogP contribution is 2.17. The monoisotopic (exact) mass is 301 g/mol. The summed E-state index contributed by atoms with van der Waals surface area (Å²) in [4.78, 5) is 29.0. The highest BCUT2D eigenvalue weighted by atomic mass is 16.5. The molecule has 9 nitrogen and oxygen atoms in total. The largest absolute Gasteiger partial charge is 0.361 e. The smallest absolute Gasteiger partial charge is 0.239 e. The molecule has 3 aromatic heterocycles. The van der Waals surface area contributed by atoms with Gasteiger partial charge in [0.25, 0.3) is 0 Å². The van der Waals surface area contributed by atoms with Crippen LogP contribution in [-0.2, 0) is 11.3 Å². The van der Waals surface area contributed by atoms with Crippen LogP contribution in [0.1, 0.15) is 11.5 Å². The number of aryl methyl sites for hydroxylation is 1. The van der Waals surface area contributed by atoms with Gasteiger partial charge in [0.15, 0.2) is 11.5 Å². The molecular weight excluding hydrogens is 286 g/mol. The molecule has 9 heteroatoms. The van der Waals surface area contributed by atoms with Gasteiger partial charge in [-0.25, -0.2) is 15.0 Å². The maximum Gasteiger partial charge on any atom is 0.239 e. The minimum Gasteiger partial charge on any atom is -0.361 e. The number of fused-ring (bicyclic) bond motifs is 1. The van der Waals surface area contributed by atoms with Crippen molar-refractivity contribution in [1.29, 1.82) is 0 Å². The number of carbonyl (C=O) groups excluding carboxylic acids is 1. The molecule has 0 unspecified atom stereocenters. The van der Waals surface area contributed by atoms with Crippen molar-refractivity contribution >= 4 is 22.9 Å². The minimum atomic E-state index is -0.144. The Morgan fingerprint density at radius 1 is 1.41 bits per heavy atom. The molecule has 0 atom stereocenters. The molecule has 0 saturated carbocycles. The number of H-pyrrole nitrogens is 1. The fourth-order valence-electron chi connectivity index (χ4n) is 2.08. The van der Waals surface area contributed by atoms with E-state index in [1.54, 1.807) is 31.3 Å². The molecule has 0 aliphatic rings. The number of likely N-dealkylation sites (N-methyl/N-ethyl adjacent to an activating group) is 1. The van der Waals surface area contributed by atoms with Crippen molar-refractivity contribution < 1.29 is 9.32 Å². The number of rotatable bonds is 5. The number of nitrogens with zero attached hydrogens (tertiary/aromatic N) is 5. The zero-order valence-corrected chi connectivity index (χ0v) is 12.2. The zero-order chi connectivity index (χ0) is 15.5. The van der Waals surface area contributed by atoms with Gasteiger partial charge in [0, 0.05) is 13.1 Å². The molecular formula is C13H15N7O2. The normalized spacial score (nSPS) is 10.8. The van der Waals surface area contributed by atoms with Crippen molar-refractivity contribution in [3.8, 4) is 0 Å². The molecule has 0 aromatic carbocycles. The Bertz CT molecular complexity index is 794. The average molecular weight is 301 g/mol. The van der Waals surface area contributed by atoms with E-state index >= 15 is 0 Å². The Balaban J connectivity index is 1.62. The summed E-state index contributed by atoms with van der Waals surface area (Å²) in [5.41, 5.74) is 1.95. The van der Waals surface area contributed by atoms with Crippen LogP contribution in [0.15, 0.2) is 23.2 Å². The average Bonchev–Trinajstić information content (AvgIpc) is 3.13. The van der Waals surface area contributed by atoms with Gasteiger partial charge in [-0.2, -0.15) is 0 Å². The fourth-order valence-corrected chi connectivity index (χ4v) is 2.08. The summed E-state index contributed by atoms with van der Waals surface area (Å²) >= 11 is 0. The van der Waals surface area contributed by atoms with Crippen LogP contribution >= 0.6 is 0 Å². The van der Waals surface area contributed by atoms with Crippen LogP contribution in [-0.4, -0.2) is 44.6 Å². The predicted molar refractivity (Wildman–Crippen MR) is 78.0 cm³/mol. The summed E-state index contributed by atoms with van der Waals surface area (Å²) in [5.74, 6) is 1.19. The third-order valence-corrected chi connectivity index (χ3v) is 3.09. The molecule has 3 aromatic rings. The molecule has 0 aliphatic carbocycles. The fraction of sp³-hybridized carbons (Fsp3) is 0.308. The maximum atomic E-state index is 12.0. The van der Waals surface area contributed by atoms with Crippen LogP contribution < -0.4 is 10.2 Å². The van der Waals surface area contributed by atoms with Gasteiger partial charge in [-0.05, 0) is 6.92 Å². The van der Waals surface area contributed by atoms with Crippen LogP contribution in [0.4, 0.5) is 5.82 Å². The number of imidazole rings is 1. The molecule has 114 valence electrons. The van der Waals surface area contributed by atoms with Crippen molar-refractivity contribution in [3.05, 3.63) is 30.2 Å². The Morgan fingerprint density at radius 2 is 2.27 bits per heavy atom. The second-order valence-corrected chi connectivity index (χ2v) is 4.86. The number of anilines is 1. The summed E-state index contributed by atoms with van der Waals surface area (Å²) in [6.45, 7) is 2.28.